The number of hydrogen-bond acceptors (Lipinski definition) is 4. The molecular formula is C11H18N2O5. The first-order valence-corrected chi connectivity index (χ1v) is 6.02. The van der Waals surface area contributed by atoms with Crippen molar-refractivity contribution in [2.45, 2.75) is 31.1 Å². The molecule has 7 heteroatoms. The number of carbonyl (C=O) groups is 2. The molecule has 2 aliphatic rings. The Morgan fingerprint density at radius 3 is 2.61 bits per heavy atom. The van der Waals surface area contributed by atoms with Crippen molar-refractivity contribution in [3.63, 3.8) is 0 Å². The van der Waals surface area contributed by atoms with Gasteiger partial charge in [0.1, 0.15) is 6.04 Å². The molecule has 0 aliphatic carbocycles. The minimum absolute atomic E-state index is 0.0183. The summed E-state index contributed by atoms with van der Waals surface area (Å²) in [7, 11) is 1.60. The summed E-state index contributed by atoms with van der Waals surface area (Å²) in [5, 5.41) is 18.6. The summed E-state index contributed by atoms with van der Waals surface area (Å²) >= 11 is 0. The van der Waals surface area contributed by atoms with Crippen LogP contribution in [0.5, 0.6) is 0 Å². The Morgan fingerprint density at radius 1 is 1.33 bits per heavy atom. The van der Waals surface area contributed by atoms with Gasteiger partial charge < -0.3 is 24.7 Å². The van der Waals surface area contributed by atoms with Gasteiger partial charge in [-0.25, -0.2) is 9.59 Å². The monoisotopic (exact) mass is 258 g/mol. The summed E-state index contributed by atoms with van der Waals surface area (Å²) in [5.74, 6) is -1.07. The molecule has 2 unspecified atom stereocenters. The number of likely N-dealkylation sites (tertiary alicyclic amines) is 2. The van der Waals surface area contributed by atoms with E-state index in [0.717, 1.165) is 6.42 Å². The fourth-order valence-electron chi connectivity index (χ4n) is 2.54. The number of β-amino-alcohol motifs (C(OH)–C–C–N with tert-alkyl or cyclic N) is 1. The largest absolute Gasteiger partial charge is 0.480 e. The van der Waals surface area contributed by atoms with Gasteiger partial charge in [0.2, 0.25) is 0 Å². The molecule has 0 aromatic heterocycles. The lowest BCUT2D eigenvalue weighted by atomic mass is 10.2. The minimum atomic E-state index is -1.07. The van der Waals surface area contributed by atoms with Gasteiger partial charge in [-0.2, -0.15) is 0 Å². The molecule has 7 nitrogen and oxygen atoms in total. The van der Waals surface area contributed by atoms with E-state index in [1.807, 2.05) is 0 Å². The highest BCUT2D eigenvalue weighted by Gasteiger charge is 2.41. The van der Waals surface area contributed by atoms with Crippen molar-refractivity contribution in [1.29, 1.82) is 0 Å². The Labute approximate surface area is 105 Å². The Kier molecular flexibility index (Phi) is 3.72. The van der Waals surface area contributed by atoms with Crippen LogP contribution in [0, 0.1) is 0 Å². The average molecular weight is 258 g/mol. The molecule has 2 amide bonds. The Balaban J connectivity index is 2.02. The maximum absolute atomic E-state index is 12.2. The van der Waals surface area contributed by atoms with Gasteiger partial charge in [0.25, 0.3) is 0 Å². The molecule has 2 rings (SSSR count). The summed E-state index contributed by atoms with van der Waals surface area (Å²) in [5.41, 5.74) is 0. The van der Waals surface area contributed by atoms with E-state index in [1.165, 1.54) is 4.90 Å². The molecule has 18 heavy (non-hydrogen) atoms. The number of ether oxygens (including phenoxy) is 1. The normalized spacial score (nSPS) is 32.0. The molecule has 2 N–H and O–H groups in total. The number of nitrogens with zero attached hydrogens (tertiary/aromatic N) is 2. The predicted molar refractivity (Wildman–Crippen MR) is 61.1 cm³/mol. The molecule has 0 aromatic rings. The lowest BCUT2D eigenvalue weighted by Gasteiger charge is -2.27. The first kappa shape index (κ1) is 13.1. The highest BCUT2D eigenvalue weighted by Crippen LogP contribution is 2.22. The topological polar surface area (TPSA) is 90.3 Å². The molecule has 0 aromatic carbocycles. The second-order valence-electron chi connectivity index (χ2n) is 4.77. The average Bonchev–Trinajstić information content (AvgIpc) is 2.94. The number of carbonyl (C=O) groups excluding carboxylic acids is 1. The summed E-state index contributed by atoms with van der Waals surface area (Å²) in [6.07, 6.45) is 0.125. The smallest absolute Gasteiger partial charge is 0.326 e. The zero-order valence-corrected chi connectivity index (χ0v) is 10.3. The maximum Gasteiger partial charge on any atom is 0.326 e. The van der Waals surface area contributed by atoms with Crippen LogP contribution in [0.2, 0.25) is 0 Å². The minimum Gasteiger partial charge on any atom is -0.480 e. The molecule has 0 spiro atoms. The van der Waals surface area contributed by atoms with Crippen molar-refractivity contribution in [3.05, 3.63) is 0 Å². The number of carboxylic acid groups (broad SMARTS) is 1. The van der Waals surface area contributed by atoms with Crippen LogP contribution in [0.1, 0.15) is 12.8 Å². The lowest BCUT2D eigenvalue weighted by molar-refractivity contribution is -0.141. The number of aliphatic carboxylic acids is 1. The molecule has 2 fully saturated rings. The standard InChI is InChI=1S/C11H18N2O5/c1-18-8-2-3-12(6-8)11(17)13-5-7(14)4-9(13)10(15)16/h7-9,14H,2-6H2,1H3,(H,15,16)/t7?,8?,9-/m0/s1. The van der Waals surface area contributed by atoms with E-state index >= 15 is 0 Å². The Hall–Kier alpha value is -1.34. The third kappa shape index (κ3) is 2.41. The van der Waals surface area contributed by atoms with Gasteiger partial charge >= 0.3 is 12.0 Å². The van der Waals surface area contributed by atoms with Gasteiger partial charge in [0.15, 0.2) is 0 Å². The second kappa shape index (κ2) is 5.11. The number of rotatable bonds is 2. The molecular weight excluding hydrogens is 240 g/mol. The number of urea groups is 1. The highest BCUT2D eigenvalue weighted by atomic mass is 16.5. The van der Waals surface area contributed by atoms with Gasteiger partial charge in [0.05, 0.1) is 12.2 Å². The summed E-state index contributed by atoms with van der Waals surface area (Å²) in [6.45, 7) is 1.13. The first-order chi connectivity index (χ1) is 8.52. The fraction of sp³-hybridized carbons (Fsp3) is 0.818. The third-order valence-electron chi connectivity index (χ3n) is 3.56. The zero-order valence-electron chi connectivity index (χ0n) is 10.3. The van der Waals surface area contributed by atoms with Crippen molar-refractivity contribution in [1.82, 2.24) is 9.80 Å². The SMILES string of the molecule is COC1CCN(C(=O)N2CC(O)C[C@H]2C(=O)O)C1. The van der Waals surface area contributed by atoms with Crippen LogP contribution in [-0.4, -0.2) is 77.0 Å². The van der Waals surface area contributed by atoms with Crippen molar-refractivity contribution in [2.24, 2.45) is 0 Å². The second-order valence-corrected chi connectivity index (χ2v) is 4.77. The number of amides is 2. The first-order valence-electron chi connectivity index (χ1n) is 6.02. The van der Waals surface area contributed by atoms with Crippen LogP contribution in [0.25, 0.3) is 0 Å². The van der Waals surface area contributed by atoms with Gasteiger partial charge in [-0.3, -0.25) is 0 Å². The van der Waals surface area contributed by atoms with E-state index in [0.29, 0.717) is 13.1 Å². The van der Waals surface area contributed by atoms with Gasteiger partial charge in [-0.1, -0.05) is 0 Å². The van der Waals surface area contributed by atoms with Crippen LogP contribution >= 0.6 is 0 Å². The number of aliphatic hydroxyl groups is 1. The van der Waals surface area contributed by atoms with Crippen molar-refractivity contribution in [3.8, 4) is 0 Å². The predicted octanol–water partition coefficient (Wildman–Crippen LogP) is -0.653. The van der Waals surface area contributed by atoms with E-state index in [-0.39, 0.29) is 25.1 Å². The van der Waals surface area contributed by atoms with Gasteiger partial charge in [-0.05, 0) is 6.42 Å². The van der Waals surface area contributed by atoms with E-state index in [4.69, 9.17) is 9.84 Å². The van der Waals surface area contributed by atoms with Crippen LogP contribution in [0.4, 0.5) is 4.79 Å². The van der Waals surface area contributed by atoms with E-state index in [9.17, 15) is 14.7 Å². The molecule has 0 radical (unpaired) electrons. The molecule has 102 valence electrons. The number of methoxy groups -OCH3 is 1. The summed E-state index contributed by atoms with van der Waals surface area (Å²) < 4.78 is 5.17. The molecule has 0 saturated carbocycles. The summed E-state index contributed by atoms with van der Waals surface area (Å²) in [6, 6.07) is -1.24. The van der Waals surface area contributed by atoms with Gasteiger partial charge in [0, 0.05) is 33.2 Å². The Bertz CT molecular complexity index is 348. The molecule has 2 heterocycles. The number of aliphatic hydroxyl groups excluding tert-OH is 1. The van der Waals surface area contributed by atoms with Crippen molar-refractivity contribution < 1.29 is 24.5 Å². The fourth-order valence-corrected chi connectivity index (χ4v) is 2.54. The third-order valence-corrected chi connectivity index (χ3v) is 3.56. The Morgan fingerprint density at radius 2 is 2.06 bits per heavy atom. The molecule has 2 aliphatic heterocycles. The van der Waals surface area contributed by atoms with E-state index in [1.54, 1.807) is 12.0 Å². The van der Waals surface area contributed by atoms with E-state index < -0.39 is 18.1 Å². The molecule has 2 saturated heterocycles. The summed E-state index contributed by atoms with van der Waals surface area (Å²) in [4.78, 5) is 26.1. The van der Waals surface area contributed by atoms with E-state index in [2.05, 4.69) is 0 Å². The zero-order chi connectivity index (χ0) is 13.3. The van der Waals surface area contributed by atoms with Crippen LogP contribution in [0.15, 0.2) is 0 Å². The van der Waals surface area contributed by atoms with Crippen LogP contribution in [0.3, 0.4) is 0 Å². The lowest BCUT2D eigenvalue weighted by Crippen LogP contribution is -2.47. The van der Waals surface area contributed by atoms with Crippen LogP contribution < -0.4 is 0 Å². The van der Waals surface area contributed by atoms with Crippen molar-refractivity contribution in [2.75, 3.05) is 26.7 Å². The van der Waals surface area contributed by atoms with Gasteiger partial charge in [-0.15, -0.1) is 0 Å². The van der Waals surface area contributed by atoms with Crippen molar-refractivity contribution >= 4 is 12.0 Å². The van der Waals surface area contributed by atoms with Crippen LogP contribution in [-0.2, 0) is 9.53 Å². The number of hydrogen-bond donors (Lipinski definition) is 2. The quantitative estimate of drug-likeness (QED) is 0.686. The molecule has 3 atom stereocenters. The maximum atomic E-state index is 12.2. The highest BCUT2D eigenvalue weighted by molar-refractivity contribution is 5.83. The number of carboxylic acids is 1. The molecule has 0 bridgehead atoms.